The Hall–Kier alpha value is -1.55. The number of carbonyl (C=O) groups is 1. The molecule has 4 heteroatoms. The summed E-state index contributed by atoms with van der Waals surface area (Å²) in [4.78, 5) is 13.8. The second kappa shape index (κ2) is 4.53. The fourth-order valence-electron chi connectivity index (χ4n) is 2.01. The van der Waals surface area contributed by atoms with Crippen LogP contribution in [-0.2, 0) is 6.42 Å². The molecule has 1 aliphatic rings. The number of fused-ring (bicyclic) bond motifs is 1. The summed E-state index contributed by atoms with van der Waals surface area (Å²) in [6.45, 7) is 1.47. The van der Waals surface area contributed by atoms with Gasteiger partial charge in [0.1, 0.15) is 0 Å². The number of nitrogen functional groups attached to an aromatic ring is 1. The molecule has 1 heterocycles. The molecular formula is C12H16N2O2. The molecule has 1 aromatic rings. The molecule has 0 aromatic heterocycles. The van der Waals surface area contributed by atoms with Crippen LogP contribution in [0.4, 0.5) is 5.69 Å². The first-order valence-corrected chi connectivity index (χ1v) is 5.51. The molecule has 0 unspecified atom stereocenters. The Balaban J connectivity index is 2.20. The molecule has 1 aromatic carbocycles. The Bertz CT molecular complexity index is 404. The average molecular weight is 220 g/mol. The number of anilines is 1. The zero-order valence-electron chi connectivity index (χ0n) is 9.15. The smallest absolute Gasteiger partial charge is 0.254 e. The van der Waals surface area contributed by atoms with Gasteiger partial charge in [-0.15, -0.1) is 0 Å². The van der Waals surface area contributed by atoms with E-state index in [1.807, 2.05) is 12.1 Å². The molecular weight excluding hydrogens is 204 g/mol. The van der Waals surface area contributed by atoms with Crippen LogP contribution in [0, 0.1) is 0 Å². The molecule has 0 saturated carbocycles. The largest absolute Gasteiger partial charge is 0.399 e. The lowest BCUT2D eigenvalue weighted by Gasteiger charge is -2.28. The van der Waals surface area contributed by atoms with Crippen molar-refractivity contribution in [2.45, 2.75) is 12.8 Å². The van der Waals surface area contributed by atoms with Crippen LogP contribution >= 0.6 is 0 Å². The molecule has 1 aliphatic heterocycles. The maximum atomic E-state index is 12.1. The zero-order valence-corrected chi connectivity index (χ0v) is 9.15. The lowest BCUT2D eigenvalue weighted by Crippen LogP contribution is -2.38. The monoisotopic (exact) mass is 220 g/mol. The molecule has 1 amide bonds. The number of nitrogens with two attached hydrogens (primary N) is 1. The third-order valence-corrected chi connectivity index (χ3v) is 2.89. The predicted octanol–water partition coefficient (Wildman–Crippen LogP) is 0.649. The molecule has 0 atom stereocenters. The summed E-state index contributed by atoms with van der Waals surface area (Å²) in [6.07, 6.45) is 1.50. The minimum absolute atomic E-state index is 0.0296. The minimum Gasteiger partial charge on any atom is -0.399 e. The van der Waals surface area contributed by atoms with Gasteiger partial charge in [-0.2, -0.15) is 0 Å². The van der Waals surface area contributed by atoms with E-state index in [0.29, 0.717) is 24.2 Å². The van der Waals surface area contributed by atoms with Gasteiger partial charge in [0.05, 0.1) is 0 Å². The van der Waals surface area contributed by atoms with Crippen LogP contribution in [0.1, 0.15) is 22.3 Å². The first-order chi connectivity index (χ1) is 7.72. The number of hydrogen-bond acceptors (Lipinski definition) is 3. The number of carbonyl (C=O) groups excluding carboxylic acids is 1. The van der Waals surface area contributed by atoms with E-state index in [-0.39, 0.29) is 12.5 Å². The first-order valence-electron chi connectivity index (χ1n) is 5.51. The second-order valence-electron chi connectivity index (χ2n) is 4.04. The predicted molar refractivity (Wildman–Crippen MR) is 62.2 cm³/mol. The summed E-state index contributed by atoms with van der Waals surface area (Å²) < 4.78 is 0. The third kappa shape index (κ3) is 2.02. The average Bonchev–Trinajstić information content (AvgIpc) is 2.29. The molecule has 0 fully saturated rings. The van der Waals surface area contributed by atoms with Gasteiger partial charge in [0.15, 0.2) is 0 Å². The van der Waals surface area contributed by atoms with Crippen LogP contribution in [0.25, 0.3) is 0 Å². The van der Waals surface area contributed by atoms with Crippen molar-refractivity contribution >= 4 is 11.6 Å². The van der Waals surface area contributed by atoms with E-state index < -0.39 is 0 Å². The quantitative estimate of drug-likeness (QED) is 0.735. The minimum atomic E-state index is 0.0296. The highest BCUT2D eigenvalue weighted by Gasteiger charge is 2.23. The van der Waals surface area contributed by atoms with E-state index in [0.717, 1.165) is 18.5 Å². The van der Waals surface area contributed by atoms with Crippen LogP contribution in [0.2, 0.25) is 0 Å². The van der Waals surface area contributed by atoms with E-state index >= 15 is 0 Å². The molecule has 0 spiro atoms. The van der Waals surface area contributed by atoms with Gasteiger partial charge in [-0.1, -0.05) is 6.07 Å². The van der Waals surface area contributed by atoms with E-state index in [1.54, 1.807) is 11.0 Å². The fourth-order valence-corrected chi connectivity index (χ4v) is 2.01. The lowest BCUT2D eigenvalue weighted by atomic mass is 9.98. The highest BCUT2D eigenvalue weighted by atomic mass is 16.3. The number of aliphatic hydroxyl groups excluding tert-OH is 1. The topological polar surface area (TPSA) is 66.6 Å². The van der Waals surface area contributed by atoms with E-state index in [9.17, 15) is 4.79 Å². The number of rotatable bonds is 3. The van der Waals surface area contributed by atoms with Gasteiger partial charge in [-0.3, -0.25) is 4.79 Å². The summed E-state index contributed by atoms with van der Waals surface area (Å²) in [5, 5.41) is 8.76. The van der Waals surface area contributed by atoms with Gasteiger partial charge < -0.3 is 15.7 Å². The van der Waals surface area contributed by atoms with Crippen molar-refractivity contribution in [3.05, 3.63) is 29.3 Å². The molecule has 0 radical (unpaired) electrons. The number of amides is 1. The standard InChI is InChI=1S/C12H16N2O2/c13-10-3-2-9-4-6-14(5-1-7-15)12(16)11(9)8-10/h2-3,8,15H,1,4-7,13H2. The Morgan fingerprint density at radius 2 is 2.25 bits per heavy atom. The molecule has 0 bridgehead atoms. The lowest BCUT2D eigenvalue weighted by molar-refractivity contribution is 0.0729. The van der Waals surface area contributed by atoms with Gasteiger partial charge in [0.25, 0.3) is 5.91 Å². The molecule has 16 heavy (non-hydrogen) atoms. The molecule has 0 saturated heterocycles. The molecule has 0 aliphatic carbocycles. The van der Waals surface area contributed by atoms with Crippen molar-refractivity contribution in [3.63, 3.8) is 0 Å². The van der Waals surface area contributed by atoms with E-state index in [1.165, 1.54) is 0 Å². The SMILES string of the molecule is Nc1ccc2c(c1)C(=O)N(CCCO)CC2. The number of aliphatic hydroxyl groups is 1. The summed E-state index contributed by atoms with van der Waals surface area (Å²) in [5.74, 6) is 0.0296. The first kappa shape index (κ1) is 11.0. The Morgan fingerprint density at radius 1 is 1.44 bits per heavy atom. The molecule has 86 valence electrons. The molecule has 4 nitrogen and oxygen atoms in total. The number of nitrogens with zero attached hydrogens (tertiary/aromatic N) is 1. The van der Waals surface area contributed by atoms with Crippen LogP contribution in [0.15, 0.2) is 18.2 Å². The summed E-state index contributed by atoms with van der Waals surface area (Å²) >= 11 is 0. The molecule has 2 rings (SSSR count). The Kier molecular flexibility index (Phi) is 3.10. The summed E-state index contributed by atoms with van der Waals surface area (Å²) in [6, 6.07) is 5.49. The zero-order chi connectivity index (χ0) is 11.5. The van der Waals surface area contributed by atoms with E-state index in [4.69, 9.17) is 10.8 Å². The van der Waals surface area contributed by atoms with Crippen molar-refractivity contribution in [3.8, 4) is 0 Å². The highest BCUT2D eigenvalue weighted by Crippen LogP contribution is 2.21. The van der Waals surface area contributed by atoms with Crippen LogP contribution < -0.4 is 5.73 Å². The van der Waals surface area contributed by atoms with Crippen LogP contribution in [-0.4, -0.2) is 35.6 Å². The maximum absolute atomic E-state index is 12.1. The van der Waals surface area contributed by atoms with Gasteiger partial charge in [-0.05, 0) is 30.5 Å². The van der Waals surface area contributed by atoms with Crippen LogP contribution in [0.5, 0.6) is 0 Å². The normalized spacial score (nSPS) is 15.1. The summed E-state index contributed by atoms with van der Waals surface area (Å²) in [7, 11) is 0. The number of benzene rings is 1. The maximum Gasteiger partial charge on any atom is 0.254 e. The highest BCUT2D eigenvalue weighted by molar-refractivity contribution is 5.97. The Morgan fingerprint density at radius 3 is 3.00 bits per heavy atom. The molecule has 3 N–H and O–H groups in total. The summed E-state index contributed by atoms with van der Waals surface area (Å²) in [5.41, 5.74) is 8.08. The second-order valence-corrected chi connectivity index (χ2v) is 4.04. The van der Waals surface area contributed by atoms with Gasteiger partial charge in [0, 0.05) is 30.9 Å². The Labute approximate surface area is 94.7 Å². The fraction of sp³-hybridized carbons (Fsp3) is 0.417. The van der Waals surface area contributed by atoms with Crippen LogP contribution in [0.3, 0.4) is 0 Å². The number of hydrogen-bond donors (Lipinski definition) is 2. The van der Waals surface area contributed by atoms with Crippen molar-refractivity contribution < 1.29 is 9.90 Å². The van der Waals surface area contributed by atoms with Crippen molar-refractivity contribution in [1.29, 1.82) is 0 Å². The third-order valence-electron chi connectivity index (χ3n) is 2.89. The van der Waals surface area contributed by atoms with Gasteiger partial charge in [-0.25, -0.2) is 0 Å². The van der Waals surface area contributed by atoms with Crippen molar-refractivity contribution in [1.82, 2.24) is 4.90 Å². The van der Waals surface area contributed by atoms with Crippen molar-refractivity contribution in [2.75, 3.05) is 25.4 Å². The van der Waals surface area contributed by atoms with Gasteiger partial charge >= 0.3 is 0 Å². The van der Waals surface area contributed by atoms with E-state index in [2.05, 4.69) is 0 Å². The van der Waals surface area contributed by atoms with Gasteiger partial charge in [0.2, 0.25) is 0 Å². The van der Waals surface area contributed by atoms with Crippen molar-refractivity contribution in [2.24, 2.45) is 0 Å².